The van der Waals surface area contributed by atoms with E-state index in [9.17, 15) is 0 Å². The lowest BCUT2D eigenvalue weighted by atomic mass is 9.94. The van der Waals surface area contributed by atoms with Gasteiger partial charge in [0, 0.05) is 5.02 Å². The quantitative estimate of drug-likeness (QED) is 0.832. The highest BCUT2D eigenvalue weighted by molar-refractivity contribution is 6.31. The van der Waals surface area contributed by atoms with Crippen molar-refractivity contribution >= 4 is 11.6 Å². The van der Waals surface area contributed by atoms with Crippen LogP contribution in [-0.2, 0) is 0 Å². The molecule has 0 aromatic heterocycles. The fourth-order valence-electron chi connectivity index (χ4n) is 2.45. The van der Waals surface area contributed by atoms with Gasteiger partial charge in [-0.2, -0.15) is 0 Å². The number of benzene rings is 2. The lowest BCUT2D eigenvalue weighted by Crippen LogP contribution is -2.24. The van der Waals surface area contributed by atoms with E-state index < -0.39 is 0 Å². The molecule has 0 bridgehead atoms. The fourth-order valence-corrected chi connectivity index (χ4v) is 2.64. The van der Waals surface area contributed by atoms with Gasteiger partial charge in [0.15, 0.2) is 0 Å². The molecule has 2 aromatic rings. The molecule has 0 radical (unpaired) electrons. The summed E-state index contributed by atoms with van der Waals surface area (Å²) in [5.74, 6) is 0.871. The molecule has 2 nitrogen and oxygen atoms in total. The van der Waals surface area contributed by atoms with Crippen LogP contribution in [0.2, 0.25) is 5.02 Å². The Balaban J connectivity index is 2.44. The first-order chi connectivity index (χ1) is 10.2. The second-order valence-electron chi connectivity index (χ2n) is 5.12. The Kier molecular flexibility index (Phi) is 5.66. The molecule has 1 unspecified atom stereocenters. The zero-order chi connectivity index (χ0) is 15.2. The maximum atomic E-state index is 6.29. The van der Waals surface area contributed by atoms with Crippen LogP contribution in [0.1, 0.15) is 36.1 Å². The summed E-state index contributed by atoms with van der Waals surface area (Å²) in [6.07, 6.45) is 1.08. The van der Waals surface area contributed by atoms with Gasteiger partial charge in [-0.3, -0.25) is 0 Å². The second kappa shape index (κ2) is 7.48. The van der Waals surface area contributed by atoms with Gasteiger partial charge in [0.1, 0.15) is 5.75 Å². The average Bonchev–Trinajstić information content (AvgIpc) is 2.52. The molecule has 3 heteroatoms. The Labute approximate surface area is 132 Å². The molecule has 0 spiro atoms. The van der Waals surface area contributed by atoms with Gasteiger partial charge in [0.25, 0.3) is 0 Å². The molecule has 112 valence electrons. The fraction of sp³-hybridized carbons (Fsp3) is 0.333. The summed E-state index contributed by atoms with van der Waals surface area (Å²) in [4.78, 5) is 0. The highest BCUT2D eigenvalue weighted by Crippen LogP contribution is 2.30. The number of hydrogen-bond acceptors (Lipinski definition) is 2. The largest absolute Gasteiger partial charge is 0.497 e. The Morgan fingerprint density at radius 2 is 1.95 bits per heavy atom. The lowest BCUT2D eigenvalue weighted by molar-refractivity contribution is 0.413. The topological polar surface area (TPSA) is 21.3 Å². The molecule has 0 heterocycles. The predicted octanol–water partition coefficient (Wildman–Crippen LogP) is 4.75. The van der Waals surface area contributed by atoms with E-state index in [-0.39, 0.29) is 6.04 Å². The summed E-state index contributed by atoms with van der Waals surface area (Å²) < 4.78 is 5.35. The van der Waals surface area contributed by atoms with Gasteiger partial charge in [-0.1, -0.05) is 42.8 Å². The maximum Gasteiger partial charge on any atom is 0.119 e. The monoisotopic (exact) mass is 303 g/mol. The van der Waals surface area contributed by atoms with Crippen LogP contribution in [-0.4, -0.2) is 13.7 Å². The summed E-state index contributed by atoms with van der Waals surface area (Å²) in [5, 5.41) is 4.41. The van der Waals surface area contributed by atoms with Gasteiger partial charge < -0.3 is 10.1 Å². The van der Waals surface area contributed by atoms with Crippen molar-refractivity contribution in [1.82, 2.24) is 5.32 Å². The van der Waals surface area contributed by atoms with Crippen LogP contribution in [0.15, 0.2) is 42.5 Å². The molecule has 1 atom stereocenters. The zero-order valence-electron chi connectivity index (χ0n) is 12.8. The van der Waals surface area contributed by atoms with Crippen LogP contribution in [0, 0.1) is 6.92 Å². The van der Waals surface area contributed by atoms with Crippen molar-refractivity contribution in [2.75, 3.05) is 13.7 Å². The molecule has 0 saturated carbocycles. The number of nitrogens with one attached hydrogen (secondary N) is 1. The summed E-state index contributed by atoms with van der Waals surface area (Å²) in [6.45, 7) is 5.19. The van der Waals surface area contributed by atoms with Crippen LogP contribution in [0.25, 0.3) is 0 Å². The molecule has 0 aliphatic heterocycles. The lowest BCUT2D eigenvalue weighted by Gasteiger charge is -2.22. The molecule has 0 amide bonds. The minimum absolute atomic E-state index is 0.124. The first-order valence-corrected chi connectivity index (χ1v) is 7.67. The maximum absolute atomic E-state index is 6.29. The predicted molar refractivity (Wildman–Crippen MR) is 89.3 cm³/mol. The molecular formula is C18H22ClNO. The highest BCUT2D eigenvalue weighted by Gasteiger charge is 2.17. The van der Waals surface area contributed by atoms with Gasteiger partial charge in [0.2, 0.25) is 0 Å². The van der Waals surface area contributed by atoms with Crippen molar-refractivity contribution in [2.45, 2.75) is 26.3 Å². The summed E-state index contributed by atoms with van der Waals surface area (Å²) >= 11 is 6.29. The van der Waals surface area contributed by atoms with E-state index in [4.69, 9.17) is 16.3 Å². The third-order valence-electron chi connectivity index (χ3n) is 3.65. The van der Waals surface area contributed by atoms with Crippen molar-refractivity contribution in [3.8, 4) is 5.75 Å². The molecule has 0 saturated heterocycles. The van der Waals surface area contributed by atoms with Crippen molar-refractivity contribution < 1.29 is 4.74 Å². The Bertz CT molecular complexity index is 598. The molecule has 1 N–H and O–H groups in total. The number of methoxy groups -OCH3 is 1. The van der Waals surface area contributed by atoms with E-state index in [1.807, 2.05) is 24.3 Å². The minimum Gasteiger partial charge on any atom is -0.497 e. The van der Waals surface area contributed by atoms with Crippen LogP contribution in [0.3, 0.4) is 0 Å². The van der Waals surface area contributed by atoms with E-state index in [1.54, 1.807) is 7.11 Å². The van der Waals surface area contributed by atoms with Crippen molar-refractivity contribution in [3.05, 3.63) is 64.2 Å². The van der Waals surface area contributed by atoms with Crippen LogP contribution >= 0.6 is 11.6 Å². The summed E-state index contributed by atoms with van der Waals surface area (Å²) in [6, 6.07) is 14.4. The normalized spacial score (nSPS) is 12.2. The molecule has 2 rings (SSSR count). The van der Waals surface area contributed by atoms with E-state index in [1.165, 1.54) is 11.1 Å². The summed E-state index contributed by atoms with van der Waals surface area (Å²) in [7, 11) is 1.69. The third-order valence-corrected chi connectivity index (χ3v) is 4.06. The molecule has 0 fully saturated rings. The second-order valence-corrected chi connectivity index (χ2v) is 5.53. The molecule has 0 aliphatic carbocycles. The first kappa shape index (κ1) is 15.9. The number of hydrogen-bond donors (Lipinski definition) is 1. The first-order valence-electron chi connectivity index (χ1n) is 7.29. The van der Waals surface area contributed by atoms with E-state index >= 15 is 0 Å². The Morgan fingerprint density at radius 3 is 2.67 bits per heavy atom. The summed E-state index contributed by atoms with van der Waals surface area (Å²) in [5.41, 5.74) is 3.52. The van der Waals surface area contributed by atoms with E-state index in [0.717, 1.165) is 29.3 Å². The van der Waals surface area contributed by atoms with Crippen molar-refractivity contribution in [2.24, 2.45) is 0 Å². The van der Waals surface area contributed by atoms with Crippen LogP contribution < -0.4 is 10.1 Å². The molecular weight excluding hydrogens is 282 g/mol. The molecule has 0 aliphatic rings. The van der Waals surface area contributed by atoms with E-state index in [2.05, 4.69) is 37.4 Å². The van der Waals surface area contributed by atoms with Gasteiger partial charge in [-0.15, -0.1) is 0 Å². The van der Waals surface area contributed by atoms with Crippen LogP contribution in [0.5, 0.6) is 5.75 Å². The average molecular weight is 304 g/mol. The number of ether oxygens (including phenoxy) is 1. The van der Waals surface area contributed by atoms with E-state index in [0.29, 0.717) is 0 Å². The Hall–Kier alpha value is -1.51. The SMILES string of the molecule is CCCNC(c1cccc(OC)c1)c1cccc(Cl)c1C. The third kappa shape index (κ3) is 3.78. The van der Waals surface area contributed by atoms with Gasteiger partial charge in [0.05, 0.1) is 13.2 Å². The smallest absolute Gasteiger partial charge is 0.119 e. The van der Waals surface area contributed by atoms with Gasteiger partial charge >= 0.3 is 0 Å². The van der Waals surface area contributed by atoms with Crippen LogP contribution in [0.4, 0.5) is 0 Å². The number of rotatable bonds is 6. The zero-order valence-corrected chi connectivity index (χ0v) is 13.6. The standard InChI is InChI=1S/C18H22ClNO/c1-4-11-20-18(14-7-5-8-15(12-14)21-3)16-9-6-10-17(19)13(16)2/h5-10,12,18,20H,4,11H2,1-3H3. The van der Waals surface area contributed by atoms with Crippen molar-refractivity contribution in [1.29, 1.82) is 0 Å². The van der Waals surface area contributed by atoms with Gasteiger partial charge in [-0.25, -0.2) is 0 Å². The Morgan fingerprint density at radius 1 is 1.19 bits per heavy atom. The number of halogens is 1. The molecule has 21 heavy (non-hydrogen) atoms. The minimum atomic E-state index is 0.124. The van der Waals surface area contributed by atoms with Crippen molar-refractivity contribution in [3.63, 3.8) is 0 Å². The highest BCUT2D eigenvalue weighted by atomic mass is 35.5. The van der Waals surface area contributed by atoms with Gasteiger partial charge in [-0.05, 0) is 54.8 Å². The molecule has 2 aromatic carbocycles.